The summed E-state index contributed by atoms with van der Waals surface area (Å²) in [6.45, 7) is 5.31. The van der Waals surface area contributed by atoms with E-state index in [0.717, 1.165) is 37.4 Å². The number of morpholine rings is 1. The first-order chi connectivity index (χ1) is 12.1. The van der Waals surface area contributed by atoms with Crippen molar-refractivity contribution in [2.75, 3.05) is 31.1 Å². The molecule has 2 aliphatic rings. The van der Waals surface area contributed by atoms with Gasteiger partial charge in [-0.15, -0.1) is 10.2 Å². The fourth-order valence-electron chi connectivity index (χ4n) is 3.75. The van der Waals surface area contributed by atoms with Gasteiger partial charge in [-0.2, -0.15) is 0 Å². The summed E-state index contributed by atoms with van der Waals surface area (Å²) in [6.07, 6.45) is 1.27. The average molecular weight is 361 g/mol. The van der Waals surface area contributed by atoms with Crippen LogP contribution in [0.15, 0.2) is 24.3 Å². The van der Waals surface area contributed by atoms with Gasteiger partial charge in [0.2, 0.25) is 0 Å². The number of hydrogen-bond donors (Lipinski definition) is 2. The Morgan fingerprint density at radius 1 is 1.32 bits per heavy atom. The summed E-state index contributed by atoms with van der Waals surface area (Å²) in [6, 6.07) is 7.49. The van der Waals surface area contributed by atoms with Crippen molar-refractivity contribution < 1.29 is 9.84 Å². The van der Waals surface area contributed by atoms with Crippen molar-refractivity contribution >= 4 is 17.4 Å². The normalized spacial score (nSPS) is 23.4. The van der Waals surface area contributed by atoms with Crippen LogP contribution in [0.4, 0.5) is 5.82 Å². The van der Waals surface area contributed by atoms with E-state index in [0.29, 0.717) is 22.9 Å². The maximum absolute atomic E-state index is 10.2. The number of aryl methyl sites for hydroxylation is 1. The number of ether oxygens (including phenoxy) is 1. The number of nitrogens with one attached hydrogen (secondary N) is 1. The zero-order valence-electron chi connectivity index (χ0n) is 14.1. The molecule has 0 amide bonds. The number of hydrogen-bond acceptors (Lipinski definition) is 6. The van der Waals surface area contributed by atoms with Gasteiger partial charge in [0.1, 0.15) is 5.75 Å². The maximum atomic E-state index is 10.2. The molecule has 0 aliphatic carbocycles. The van der Waals surface area contributed by atoms with Crippen LogP contribution in [0.25, 0.3) is 11.3 Å². The molecule has 4 rings (SSSR count). The molecule has 1 aromatic carbocycles. The van der Waals surface area contributed by atoms with Gasteiger partial charge in [-0.3, -0.25) is 0 Å². The van der Waals surface area contributed by atoms with Crippen LogP contribution >= 0.6 is 11.6 Å². The highest BCUT2D eigenvalue weighted by Gasteiger charge is 2.35. The quantitative estimate of drug-likeness (QED) is 0.856. The first-order valence-corrected chi connectivity index (χ1v) is 8.93. The summed E-state index contributed by atoms with van der Waals surface area (Å²) >= 11 is 5.98. The van der Waals surface area contributed by atoms with E-state index in [-0.39, 0.29) is 17.9 Å². The van der Waals surface area contributed by atoms with Gasteiger partial charge in [0.15, 0.2) is 5.82 Å². The van der Waals surface area contributed by atoms with E-state index < -0.39 is 0 Å². The predicted molar refractivity (Wildman–Crippen MR) is 97.2 cm³/mol. The zero-order valence-corrected chi connectivity index (χ0v) is 14.8. The van der Waals surface area contributed by atoms with Gasteiger partial charge >= 0.3 is 0 Å². The number of rotatable bonds is 2. The monoisotopic (exact) mass is 360 g/mol. The molecule has 1 aromatic heterocycles. The van der Waals surface area contributed by atoms with E-state index in [4.69, 9.17) is 16.3 Å². The summed E-state index contributed by atoms with van der Waals surface area (Å²) in [4.78, 5) is 2.27. The summed E-state index contributed by atoms with van der Waals surface area (Å²) in [5.41, 5.74) is 2.18. The summed E-state index contributed by atoms with van der Waals surface area (Å²) in [5.74, 6) is 0.965. The van der Waals surface area contributed by atoms with Crippen molar-refractivity contribution in [1.29, 1.82) is 0 Å². The Morgan fingerprint density at radius 3 is 2.96 bits per heavy atom. The number of halogens is 1. The molecule has 2 saturated heterocycles. The van der Waals surface area contributed by atoms with Gasteiger partial charge in [-0.25, -0.2) is 0 Å². The Hall–Kier alpha value is -1.89. The molecule has 2 fully saturated rings. The van der Waals surface area contributed by atoms with Crippen molar-refractivity contribution in [1.82, 2.24) is 15.5 Å². The summed E-state index contributed by atoms with van der Waals surface area (Å²) in [5, 5.41) is 22.9. The van der Waals surface area contributed by atoms with Gasteiger partial charge in [-0.05, 0) is 49.7 Å². The molecule has 6 nitrogen and oxygen atoms in total. The maximum Gasteiger partial charge on any atom is 0.151 e. The van der Waals surface area contributed by atoms with Crippen molar-refractivity contribution in [2.24, 2.45) is 0 Å². The van der Waals surface area contributed by atoms with Gasteiger partial charge < -0.3 is 20.1 Å². The van der Waals surface area contributed by atoms with Gasteiger partial charge in [-0.1, -0.05) is 11.6 Å². The van der Waals surface area contributed by atoms with Crippen LogP contribution in [0.3, 0.4) is 0 Å². The molecule has 0 bridgehead atoms. The molecule has 2 unspecified atom stereocenters. The van der Waals surface area contributed by atoms with E-state index >= 15 is 0 Å². The second-order valence-electron chi connectivity index (χ2n) is 6.56. The predicted octanol–water partition coefficient (Wildman–Crippen LogP) is 2.38. The van der Waals surface area contributed by atoms with E-state index in [2.05, 4.69) is 20.4 Å². The minimum atomic E-state index is 0.120. The highest BCUT2D eigenvalue weighted by atomic mass is 35.5. The lowest BCUT2D eigenvalue weighted by Gasteiger charge is -2.44. The van der Waals surface area contributed by atoms with Crippen LogP contribution in [0.2, 0.25) is 5.02 Å². The molecule has 3 heterocycles. The number of anilines is 1. The van der Waals surface area contributed by atoms with Gasteiger partial charge in [0.05, 0.1) is 24.4 Å². The molecule has 2 N–H and O–H groups in total. The van der Waals surface area contributed by atoms with Crippen molar-refractivity contribution in [3.8, 4) is 17.0 Å². The lowest BCUT2D eigenvalue weighted by Crippen LogP contribution is -2.59. The Kier molecular flexibility index (Phi) is 4.50. The molecular formula is C18H21ClN4O2. The number of fused-ring (bicyclic) bond motifs is 1. The molecule has 2 atom stereocenters. The van der Waals surface area contributed by atoms with Gasteiger partial charge in [0, 0.05) is 23.7 Å². The summed E-state index contributed by atoms with van der Waals surface area (Å²) < 4.78 is 5.89. The lowest BCUT2D eigenvalue weighted by molar-refractivity contribution is -0.00377. The fourth-order valence-corrected chi connectivity index (χ4v) is 4.01. The first-order valence-electron chi connectivity index (χ1n) is 8.55. The SMILES string of the molecule is Cc1cc(Cl)cc(O)c1-c1ccc(N2CCOC3CCNCC32)nn1. The zero-order chi connectivity index (χ0) is 17.4. The molecule has 0 saturated carbocycles. The van der Waals surface area contributed by atoms with E-state index in [9.17, 15) is 5.11 Å². The largest absolute Gasteiger partial charge is 0.507 e. The molecule has 2 aliphatic heterocycles. The third-order valence-electron chi connectivity index (χ3n) is 4.93. The first kappa shape index (κ1) is 16.6. The fraction of sp³-hybridized carbons (Fsp3) is 0.444. The number of aromatic nitrogens is 2. The number of piperidine rings is 1. The van der Waals surface area contributed by atoms with E-state index in [1.807, 2.05) is 25.1 Å². The third-order valence-corrected chi connectivity index (χ3v) is 5.15. The molecule has 132 valence electrons. The van der Waals surface area contributed by atoms with E-state index in [1.54, 1.807) is 0 Å². The van der Waals surface area contributed by atoms with Gasteiger partial charge in [0.25, 0.3) is 0 Å². The van der Waals surface area contributed by atoms with Crippen molar-refractivity contribution in [2.45, 2.75) is 25.5 Å². The number of phenolic OH excluding ortho intramolecular Hbond substituents is 1. The smallest absolute Gasteiger partial charge is 0.151 e. The molecule has 2 aromatic rings. The number of aromatic hydroxyl groups is 1. The number of nitrogens with zero attached hydrogens (tertiary/aromatic N) is 3. The van der Waals surface area contributed by atoms with Crippen LogP contribution in [0, 0.1) is 6.92 Å². The number of benzene rings is 1. The topological polar surface area (TPSA) is 70.5 Å². The van der Waals surface area contributed by atoms with Crippen molar-refractivity contribution in [3.05, 3.63) is 34.9 Å². The third kappa shape index (κ3) is 3.17. The standard InChI is InChI=1S/C18H21ClN4O2/c1-11-8-12(19)9-15(24)18(11)13-2-3-17(22-21-13)23-6-7-25-16-4-5-20-10-14(16)23/h2-3,8-9,14,16,20,24H,4-7,10H2,1H3. The van der Waals surface area contributed by atoms with Crippen LogP contribution in [-0.4, -0.2) is 53.7 Å². The molecule has 0 radical (unpaired) electrons. The molecule has 25 heavy (non-hydrogen) atoms. The Labute approximate surface area is 151 Å². The number of phenols is 1. The van der Waals surface area contributed by atoms with Crippen LogP contribution < -0.4 is 10.2 Å². The van der Waals surface area contributed by atoms with Crippen LogP contribution in [0.5, 0.6) is 5.75 Å². The highest BCUT2D eigenvalue weighted by Crippen LogP contribution is 2.34. The average Bonchev–Trinajstić information content (AvgIpc) is 2.61. The van der Waals surface area contributed by atoms with E-state index in [1.165, 1.54) is 6.07 Å². The second-order valence-corrected chi connectivity index (χ2v) is 6.99. The minimum absolute atomic E-state index is 0.120. The Morgan fingerprint density at radius 2 is 2.20 bits per heavy atom. The minimum Gasteiger partial charge on any atom is -0.507 e. The summed E-state index contributed by atoms with van der Waals surface area (Å²) in [7, 11) is 0. The van der Waals surface area contributed by atoms with Crippen LogP contribution in [-0.2, 0) is 4.74 Å². The molecular weight excluding hydrogens is 340 g/mol. The Bertz CT molecular complexity index is 743. The molecule has 7 heteroatoms. The lowest BCUT2D eigenvalue weighted by atomic mass is 10.0. The highest BCUT2D eigenvalue weighted by molar-refractivity contribution is 6.31. The molecule has 0 spiro atoms. The van der Waals surface area contributed by atoms with Crippen molar-refractivity contribution in [3.63, 3.8) is 0 Å². The second kappa shape index (κ2) is 6.78. The van der Waals surface area contributed by atoms with Crippen LogP contribution in [0.1, 0.15) is 12.0 Å². The Balaban J connectivity index is 1.62.